The van der Waals surface area contributed by atoms with Gasteiger partial charge in [0.15, 0.2) is 27.1 Å². The summed E-state index contributed by atoms with van der Waals surface area (Å²) in [6.07, 6.45) is 0. The van der Waals surface area contributed by atoms with Gasteiger partial charge in [-0.2, -0.15) is 0 Å². The van der Waals surface area contributed by atoms with Crippen molar-refractivity contribution in [3.8, 4) is 0 Å². The quantitative estimate of drug-likeness (QED) is 0.615. The third-order valence-corrected chi connectivity index (χ3v) is 16.4. The molecule has 0 fully saturated rings. The molecule has 0 aliphatic rings. The van der Waals surface area contributed by atoms with Crippen LogP contribution in [0.5, 0.6) is 0 Å². The first-order chi connectivity index (χ1) is 11.8. The van der Waals surface area contributed by atoms with E-state index in [4.69, 9.17) is 8.54 Å². The average Bonchev–Trinajstić information content (AvgIpc) is 2.59. The highest BCUT2D eigenvalue weighted by molar-refractivity contribution is 6.84. The van der Waals surface area contributed by atoms with Crippen LogP contribution in [-0.4, -0.2) is 27.1 Å². The predicted molar refractivity (Wildman–Crippen MR) is 116 cm³/mol. The number of benzene rings is 2. The first-order valence-corrected chi connectivity index (χ1v) is 16.3. The molecular formula is C20H32O2Si3. The van der Waals surface area contributed by atoms with Crippen molar-refractivity contribution < 1.29 is 8.54 Å². The zero-order chi connectivity index (χ0) is 18.5. The standard InChI is InChI=1S/C20H32O2Si3/c1-17(25(5,6)22-24(3)4)23-21-20(2,18-13-9-7-10-14-18)19-15-11-8-12-16-19/h7-17,24H,23H2,1-6H3. The number of hydrogen-bond donors (Lipinski definition) is 0. The highest BCUT2D eigenvalue weighted by atomic mass is 28.4. The van der Waals surface area contributed by atoms with Gasteiger partial charge in [-0.05, 0) is 49.4 Å². The van der Waals surface area contributed by atoms with Crippen molar-refractivity contribution in [1.29, 1.82) is 0 Å². The molecule has 5 heteroatoms. The van der Waals surface area contributed by atoms with Crippen LogP contribution < -0.4 is 0 Å². The van der Waals surface area contributed by atoms with Crippen molar-refractivity contribution in [3.05, 3.63) is 71.8 Å². The van der Waals surface area contributed by atoms with E-state index < -0.39 is 27.1 Å². The minimum atomic E-state index is -1.67. The van der Waals surface area contributed by atoms with Gasteiger partial charge in [0.05, 0.1) is 0 Å². The molecule has 2 nitrogen and oxygen atoms in total. The van der Waals surface area contributed by atoms with Gasteiger partial charge >= 0.3 is 0 Å². The van der Waals surface area contributed by atoms with Gasteiger partial charge in [0, 0.05) is 0 Å². The summed E-state index contributed by atoms with van der Waals surface area (Å²) in [4.78, 5) is 0. The van der Waals surface area contributed by atoms with Crippen molar-refractivity contribution >= 4 is 27.1 Å². The topological polar surface area (TPSA) is 18.5 Å². The van der Waals surface area contributed by atoms with Crippen molar-refractivity contribution in [2.45, 2.75) is 50.8 Å². The van der Waals surface area contributed by atoms with Gasteiger partial charge < -0.3 is 8.54 Å². The van der Waals surface area contributed by atoms with E-state index >= 15 is 0 Å². The second-order valence-electron chi connectivity index (χ2n) is 7.75. The Morgan fingerprint density at radius 3 is 1.76 bits per heavy atom. The van der Waals surface area contributed by atoms with E-state index in [2.05, 4.69) is 101 Å². The molecule has 25 heavy (non-hydrogen) atoms. The molecule has 0 spiro atoms. The first kappa shape index (κ1) is 20.3. The fourth-order valence-electron chi connectivity index (χ4n) is 3.06. The van der Waals surface area contributed by atoms with E-state index in [0.717, 1.165) is 0 Å². The van der Waals surface area contributed by atoms with Gasteiger partial charge in [0.1, 0.15) is 5.60 Å². The Kier molecular flexibility index (Phi) is 6.99. The van der Waals surface area contributed by atoms with Crippen LogP contribution >= 0.6 is 0 Å². The second kappa shape index (κ2) is 8.60. The number of rotatable bonds is 8. The summed E-state index contributed by atoms with van der Waals surface area (Å²) in [5.41, 5.74) is 2.06. The van der Waals surface area contributed by atoms with Crippen LogP contribution in [0.1, 0.15) is 25.0 Å². The lowest BCUT2D eigenvalue weighted by atomic mass is 9.88. The SMILES string of the molecule is CC([SiH2]OC(C)(c1ccccc1)c1ccccc1)[Si](C)(C)O[SiH](C)C. The van der Waals surface area contributed by atoms with Crippen LogP contribution in [0.2, 0.25) is 31.4 Å². The highest BCUT2D eigenvalue weighted by Crippen LogP contribution is 2.34. The molecule has 1 unspecified atom stereocenters. The van der Waals surface area contributed by atoms with Gasteiger partial charge in [-0.3, -0.25) is 0 Å². The molecule has 0 aromatic heterocycles. The van der Waals surface area contributed by atoms with E-state index in [0.29, 0.717) is 5.16 Å². The largest absolute Gasteiger partial charge is 0.458 e. The number of hydrogen-bond acceptors (Lipinski definition) is 2. The summed E-state index contributed by atoms with van der Waals surface area (Å²) < 4.78 is 13.1. The third kappa shape index (κ3) is 5.24. The van der Waals surface area contributed by atoms with Crippen LogP contribution in [0.15, 0.2) is 60.7 Å². The Morgan fingerprint density at radius 2 is 1.36 bits per heavy atom. The Labute approximate surface area is 158 Å². The Morgan fingerprint density at radius 1 is 0.920 bits per heavy atom. The van der Waals surface area contributed by atoms with E-state index in [1.54, 1.807) is 0 Å². The molecular weight excluding hydrogens is 356 g/mol. The summed E-state index contributed by atoms with van der Waals surface area (Å²) in [5, 5.41) is 0.578. The predicted octanol–water partition coefficient (Wildman–Crippen LogP) is 4.60. The van der Waals surface area contributed by atoms with Gasteiger partial charge in [-0.15, -0.1) is 0 Å². The average molecular weight is 389 g/mol. The minimum absolute atomic E-state index is 0.386. The Balaban J connectivity index is 2.24. The highest BCUT2D eigenvalue weighted by Gasteiger charge is 2.35. The van der Waals surface area contributed by atoms with E-state index in [-0.39, 0.29) is 5.60 Å². The maximum absolute atomic E-state index is 6.74. The summed E-state index contributed by atoms with van der Waals surface area (Å²) in [6.45, 7) is 13.8. The third-order valence-electron chi connectivity index (χ3n) is 5.00. The molecule has 136 valence electrons. The Hall–Kier alpha value is -0.989. The van der Waals surface area contributed by atoms with Gasteiger partial charge in [0.25, 0.3) is 0 Å². The molecule has 2 rings (SSSR count). The molecule has 0 saturated carbocycles. The maximum Gasteiger partial charge on any atom is 0.175 e. The van der Waals surface area contributed by atoms with E-state index in [1.807, 2.05) is 0 Å². The molecule has 0 radical (unpaired) electrons. The molecule has 0 saturated heterocycles. The monoisotopic (exact) mass is 388 g/mol. The molecule has 0 heterocycles. The molecule has 2 aromatic carbocycles. The van der Waals surface area contributed by atoms with Crippen molar-refractivity contribution in [2.24, 2.45) is 0 Å². The molecule has 1 atom stereocenters. The zero-order valence-electron chi connectivity index (χ0n) is 16.5. The molecule has 0 aliphatic heterocycles. The van der Waals surface area contributed by atoms with Crippen molar-refractivity contribution in [1.82, 2.24) is 0 Å². The van der Waals surface area contributed by atoms with Gasteiger partial charge in [0.2, 0.25) is 0 Å². The minimum Gasteiger partial charge on any atom is -0.458 e. The van der Waals surface area contributed by atoms with E-state index in [9.17, 15) is 0 Å². The summed E-state index contributed by atoms with van der Waals surface area (Å²) in [6, 6.07) is 21.2. The first-order valence-electron chi connectivity index (χ1n) is 9.18. The lowest BCUT2D eigenvalue weighted by Gasteiger charge is -2.36. The van der Waals surface area contributed by atoms with Crippen LogP contribution in [0.4, 0.5) is 0 Å². The molecule has 0 N–H and O–H groups in total. The van der Waals surface area contributed by atoms with Gasteiger partial charge in [-0.1, -0.05) is 67.6 Å². The summed E-state index contributed by atoms with van der Waals surface area (Å²) in [7, 11) is -3.43. The summed E-state index contributed by atoms with van der Waals surface area (Å²) in [5.74, 6) is 0. The van der Waals surface area contributed by atoms with Crippen LogP contribution in [0, 0.1) is 0 Å². The smallest absolute Gasteiger partial charge is 0.175 e. The van der Waals surface area contributed by atoms with Crippen LogP contribution in [0.25, 0.3) is 0 Å². The zero-order valence-corrected chi connectivity index (χ0v) is 20.0. The van der Waals surface area contributed by atoms with Crippen molar-refractivity contribution in [2.75, 3.05) is 0 Å². The summed E-state index contributed by atoms with van der Waals surface area (Å²) >= 11 is 0. The molecule has 0 bridgehead atoms. The fourth-order valence-corrected chi connectivity index (χ4v) is 12.5. The molecule has 2 aromatic rings. The second-order valence-corrected chi connectivity index (χ2v) is 17.6. The molecule has 0 aliphatic carbocycles. The maximum atomic E-state index is 6.74. The lowest BCUT2D eigenvalue weighted by Crippen LogP contribution is -2.43. The Bertz CT molecular complexity index is 605. The normalized spacial score (nSPS) is 14.4. The lowest BCUT2D eigenvalue weighted by molar-refractivity contribution is 0.138. The van der Waals surface area contributed by atoms with Crippen LogP contribution in [-0.2, 0) is 14.1 Å². The van der Waals surface area contributed by atoms with Crippen LogP contribution in [0.3, 0.4) is 0 Å². The molecule has 0 amide bonds. The fraction of sp³-hybridized carbons (Fsp3) is 0.400. The van der Waals surface area contributed by atoms with E-state index in [1.165, 1.54) is 11.1 Å². The van der Waals surface area contributed by atoms with Crippen molar-refractivity contribution in [3.63, 3.8) is 0 Å². The van der Waals surface area contributed by atoms with Gasteiger partial charge in [-0.25, -0.2) is 0 Å².